The van der Waals surface area contributed by atoms with Crippen molar-refractivity contribution in [3.63, 3.8) is 0 Å². The Hall–Kier alpha value is -0.580. The summed E-state index contributed by atoms with van der Waals surface area (Å²) < 4.78 is 18.5. The molecule has 0 aliphatic carbocycles. The van der Waals surface area contributed by atoms with Crippen molar-refractivity contribution in [3.8, 4) is 0 Å². The van der Waals surface area contributed by atoms with Gasteiger partial charge in [0.1, 0.15) is 5.82 Å². The molecule has 0 spiro atoms. The zero-order chi connectivity index (χ0) is 10.8. The van der Waals surface area contributed by atoms with Gasteiger partial charge in [0.15, 0.2) is 0 Å². The number of thioether (sulfide) groups is 1. The fourth-order valence-electron chi connectivity index (χ4n) is 1.49. The Morgan fingerprint density at radius 2 is 2.27 bits per heavy atom. The quantitative estimate of drug-likeness (QED) is 0.861. The molecule has 15 heavy (non-hydrogen) atoms. The minimum Gasteiger partial charge on any atom is -0.389 e. The number of ether oxygens (including phenoxy) is 1. The minimum atomic E-state index is -0.769. The summed E-state index contributed by atoms with van der Waals surface area (Å²) in [4.78, 5) is 0.818. The van der Waals surface area contributed by atoms with E-state index in [1.165, 1.54) is 6.07 Å². The predicted octanol–water partition coefficient (Wildman–Crippen LogP) is 2.37. The standard InChI is InChI=1S/C11H13FO2S/c1-7(13)11-9(12)3-2-4-10(11)15-8-5-14-6-8/h2-4,7-8,13H,5-6H2,1H3/t7-/m1/s1. The first kappa shape index (κ1) is 10.9. The lowest BCUT2D eigenvalue weighted by molar-refractivity contribution is 0.0454. The second-order valence-electron chi connectivity index (χ2n) is 3.60. The van der Waals surface area contributed by atoms with Gasteiger partial charge >= 0.3 is 0 Å². The van der Waals surface area contributed by atoms with Gasteiger partial charge in [-0.2, -0.15) is 0 Å². The van der Waals surface area contributed by atoms with Gasteiger partial charge in [-0.05, 0) is 19.1 Å². The number of halogens is 1. The maximum absolute atomic E-state index is 13.5. The van der Waals surface area contributed by atoms with Crippen LogP contribution in [0.5, 0.6) is 0 Å². The van der Waals surface area contributed by atoms with Crippen LogP contribution in [-0.4, -0.2) is 23.6 Å². The van der Waals surface area contributed by atoms with Gasteiger partial charge in [-0.25, -0.2) is 4.39 Å². The summed E-state index contributed by atoms with van der Waals surface area (Å²) >= 11 is 1.57. The predicted molar refractivity (Wildman–Crippen MR) is 57.5 cm³/mol. The van der Waals surface area contributed by atoms with Crippen LogP contribution in [0.3, 0.4) is 0 Å². The first-order chi connectivity index (χ1) is 7.18. The van der Waals surface area contributed by atoms with Crippen molar-refractivity contribution in [1.29, 1.82) is 0 Å². The molecule has 0 radical (unpaired) electrons. The molecule has 1 atom stereocenters. The number of aliphatic hydroxyl groups is 1. The average molecular weight is 228 g/mol. The molecule has 0 saturated carbocycles. The van der Waals surface area contributed by atoms with Gasteiger partial charge in [0.05, 0.1) is 24.6 Å². The van der Waals surface area contributed by atoms with Crippen molar-refractivity contribution >= 4 is 11.8 Å². The van der Waals surface area contributed by atoms with E-state index >= 15 is 0 Å². The largest absolute Gasteiger partial charge is 0.389 e. The van der Waals surface area contributed by atoms with Crippen LogP contribution in [-0.2, 0) is 4.74 Å². The van der Waals surface area contributed by atoms with Crippen LogP contribution in [0.25, 0.3) is 0 Å². The summed E-state index contributed by atoms with van der Waals surface area (Å²) in [6.45, 7) is 3.00. The molecule has 1 N–H and O–H groups in total. The summed E-state index contributed by atoms with van der Waals surface area (Å²) in [6.07, 6.45) is -0.769. The highest BCUT2D eigenvalue weighted by Crippen LogP contribution is 2.34. The van der Waals surface area contributed by atoms with Crippen molar-refractivity contribution in [2.24, 2.45) is 0 Å². The molecule has 2 rings (SSSR count). The molecular formula is C11H13FO2S. The molecule has 1 aliphatic heterocycles. The van der Waals surface area contributed by atoms with Gasteiger partial charge < -0.3 is 9.84 Å². The van der Waals surface area contributed by atoms with Crippen LogP contribution in [0.1, 0.15) is 18.6 Å². The fourth-order valence-corrected chi connectivity index (χ4v) is 2.73. The lowest BCUT2D eigenvalue weighted by atomic mass is 10.1. The second kappa shape index (κ2) is 4.51. The number of hydrogen-bond acceptors (Lipinski definition) is 3. The highest BCUT2D eigenvalue weighted by atomic mass is 32.2. The first-order valence-corrected chi connectivity index (χ1v) is 5.77. The lowest BCUT2D eigenvalue weighted by Gasteiger charge is -2.26. The first-order valence-electron chi connectivity index (χ1n) is 4.89. The molecule has 1 heterocycles. The summed E-state index contributed by atoms with van der Waals surface area (Å²) in [5.74, 6) is -0.338. The summed E-state index contributed by atoms with van der Waals surface area (Å²) in [7, 11) is 0. The maximum Gasteiger partial charge on any atom is 0.130 e. The summed E-state index contributed by atoms with van der Waals surface area (Å²) in [6, 6.07) is 4.89. The molecule has 1 aromatic carbocycles. The van der Waals surface area contributed by atoms with Crippen LogP contribution in [0.15, 0.2) is 23.1 Å². The Labute approximate surface area is 92.4 Å². The average Bonchev–Trinajstić information content (AvgIpc) is 2.10. The number of aliphatic hydroxyl groups excluding tert-OH is 1. The van der Waals surface area contributed by atoms with Gasteiger partial charge in [0.2, 0.25) is 0 Å². The molecular weight excluding hydrogens is 215 g/mol. The minimum absolute atomic E-state index is 0.338. The molecule has 0 bridgehead atoms. The van der Waals surface area contributed by atoms with Crippen molar-refractivity contribution in [1.82, 2.24) is 0 Å². The Balaban J connectivity index is 2.23. The van der Waals surface area contributed by atoms with E-state index in [2.05, 4.69) is 0 Å². The fraction of sp³-hybridized carbons (Fsp3) is 0.455. The zero-order valence-electron chi connectivity index (χ0n) is 8.44. The molecule has 1 aliphatic rings. The van der Waals surface area contributed by atoms with E-state index in [1.807, 2.05) is 6.07 Å². The van der Waals surface area contributed by atoms with Crippen LogP contribution >= 0.6 is 11.8 Å². The van der Waals surface area contributed by atoms with Gasteiger partial charge in [0, 0.05) is 10.5 Å². The third-order valence-electron chi connectivity index (χ3n) is 2.33. The molecule has 4 heteroatoms. The van der Waals surface area contributed by atoms with Crippen molar-refractivity contribution in [2.45, 2.75) is 23.2 Å². The third-order valence-corrected chi connectivity index (χ3v) is 3.55. The van der Waals surface area contributed by atoms with E-state index in [4.69, 9.17) is 4.74 Å². The van der Waals surface area contributed by atoms with E-state index < -0.39 is 6.10 Å². The Morgan fingerprint density at radius 3 is 2.80 bits per heavy atom. The number of hydrogen-bond donors (Lipinski definition) is 1. The zero-order valence-corrected chi connectivity index (χ0v) is 9.26. The maximum atomic E-state index is 13.5. The molecule has 1 aromatic rings. The Morgan fingerprint density at radius 1 is 1.53 bits per heavy atom. The third kappa shape index (κ3) is 2.33. The topological polar surface area (TPSA) is 29.5 Å². The van der Waals surface area contributed by atoms with Gasteiger partial charge in [-0.1, -0.05) is 6.07 Å². The van der Waals surface area contributed by atoms with Crippen molar-refractivity contribution < 1.29 is 14.2 Å². The van der Waals surface area contributed by atoms with E-state index in [1.54, 1.807) is 24.8 Å². The number of rotatable bonds is 3. The Kier molecular flexibility index (Phi) is 3.29. The SMILES string of the molecule is C[C@@H](O)c1c(F)cccc1SC1COC1. The van der Waals surface area contributed by atoms with Gasteiger partial charge in [0.25, 0.3) is 0 Å². The van der Waals surface area contributed by atoms with E-state index in [0.29, 0.717) is 24.0 Å². The molecule has 0 unspecified atom stereocenters. The molecule has 1 fully saturated rings. The van der Waals surface area contributed by atoms with E-state index in [-0.39, 0.29) is 5.82 Å². The summed E-state index contributed by atoms with van der Waals surface area (Å²) in [5.41, 5.74) is 0.398. The monoisotopic (exact) mass is 228 g/mol. The smallest absolute Gasteiger partial charge is 0.130 e. The second-order valence-corrected chi connectivity index (χ2v) is 4.95. The highest BCUT2D eigenvalue weighted by Gasteiger charge is 2.22. The van der Waals surface area contributed by atoms with E-state index in [0.717, 1.165) is 4.90 Å². The molecule has 0 aromatic heterocycles. The van der Waals surface area contributed by atoms with Crippen LogP contribution in [0.2, 0.25) is 0 Å². The van der Waals surface area contributed by atoms with Gasteiger partial charge in [-0.15, -0.1) is 11.8 Å². The van der Waals surface area contributed by atoms with Crippen LogP contribution in [0, 0.1) is 5.82 Å². The molecule has 82 valence electrons. The molecule has 2 nitrogen and oxygen atoms in total. The highest BCUT2D eigenvalue weighted by molar-refractivity contribution is 8.00. The van der Waals surface area contributed by atoms with Crippen LogP contribution < -0.4 is 0 Å². The van der Waals surface area contributed by atoms with Crippen LogP contribution in [0.4, 0.5) is 4.39 Å². The van der Waals surface area contributed by atoms with Crippen molar-refractivity contribution in [3.05, 3.63) is 29.6 Å². The van der Waals surface area contributed by atoms with Crippen molar-refractivity contribution in [2.75, 3.05) is 13.2 Å². The molecule has 1 saturated heterocycles. The Bertz CT molecular complexity index is 350. The summed E-state index contributed by atoms with van der Waals surface area (Å²) in [5, 5.41) is 9.90. The normalized spacial score (nSPS) is 18.6. The van der Waals surface area contributed by atoms with Gasteiger partial charge in [-0.3, -0.25) is 0 Å². The number of benzene rings is 1. The van der Waals surface area contributed by atoms with E-state index in [9.17, 15) is 9.50 Å². The lowest BCUT2D eigenvalue weighted by Crippen LogP contribution is -2.30. The molecule has 0 amide bonds.